The van der Waals surface area contributed by atoms with Gasteiger partial charge in [-0.25, -0.2) is 0 Å². The molecule has 0 spiro atoms. The molecule has 3 fully saturated rings. The predicted octanol–water partition coefficient (Wildman–Crippen LogP) is 3.83. The number of benzene rings is 1. The first-order valence-electron chi connectivity index (χ1n) is 9.07. The molecule has 3 saturated heterocycles. The van der Waals surface area contributed by atoms with Crippen molar-refractivity contribution in [3.8, 4) is 5.75 Å². The maximum absolute atomic E-state index is 6.04. The van der Waals surface area contributed by atoms with E-state index in [0.29, 0.717) is 12.0 Å². The first kappa shape index (κ1) is 16.6. The number of aromatic nitrogens is 1. The lowest BCUT2D eigenvalue weighted by Gasteiger charge is -2.51. The number of rotatable bonds is 5. The zero-order chi connectivity index (χ0) is 17.4. The standard InChI is InChI=1S/C21H26N2O2/c1-4-14-13-23-10-8-15(14)11-20(23)21(25-3)17-7-9-22-19-6-5-16(24-2)12-18(17)19/h4-7,9,12,14-15,20-21H,1,8,10-11,13H2,2-3H3/t14?,15?,20?,21-/m1/s1. The van der Waals surface area contributed by atoms with E-state index in [9.17, 15) is 0 Å². The second-order valence-corrected chi connectivity index (χ2v) is 7.19. The van der Waals surface area contributed by atoms with Crippen LogP contribution in [0.25, 0.3) is 10.9 Å². The maximum atomic E-state index is 6.04. The summed E-state index contributed by atoms with van der Waals surface area (Å²) in [6.07, 6.45) is 6.52. The highest BCUT2D eigenvalue weighted by Gasteiger charge is 2.42. The molecule has 0 radical (unpaired) electrons. The van der Waals surface area contributed by atoms with Crippen LogP contribution in [0.1, 0.15) is 24.5 Å². The van der Waals surface area contributed by atoms with Gasteiger partial charge in [-0.1, -0.05) is 6.08 Å². The summed E-state index contributed by atoms with van der Waals surface area (Å²) in [6.45, 7) is 6.29. The van der Waals surface area contributed by atoms with E-state index in [2.05, 4.69) is 34.7 Å². The molecule has 2 bridgehead atoms. The van der Waals surface area contributed by atoms with Crippen LogP contribution in [0, 0.1) is 11.8 Å². The average molecular weight is 338 g/mol. The molecule has 2 aromatic rings. The third kappa shape index (κ3) is 2.83. The lowest BCUT2D eigenvalue weighted by atomic mass is 9.73. The van der Waals surface area contributed by atoms with Crippen molar-refractivity contribution in [2.24, 2.45) is 11.8 Å². The number of fused-ring (bicyclic) bond motifs is 4. The van der Waals surface area contributed by atoms with Crippen molar-refractivity contribution in [1.29, 1.82) is 0 Å². The van der Waals surface area contributed by atoms with E-state index in [4.69, 9.17) is 9.47 Å². The molecule has 1 aromatic carbocycles. The van der Waals surface area contributed by atoms with Crippen LogP contribution in [0.5, 0.6) is 5.75 Å². The lowest BCUT2D eigenvalue weighted by Crippen LogP contribution is -2.55. The van der Waals surface area contributed by atoms with Gasteiger partial charge < -0.3 is 9.47 Å². The van der Waals surface area contributed by atoms with Gasteiger partial charge in [0.1, 0.15) is 5.75 Å². The molecule has 0 aliphatic carbocycles. The Morgan fingerprint density at radius 1 is 1.32 bits per heavy atom. The van der Waals surface area contributed by atoms with E-state index in [1.165, 1.54) is 18.4 Å². The van der Waals surface area contributed by atoms with E-state index in [1.807, 2.05) is 25.4 Å². The summed E-state index contributed by atoms with van der Waals surface area (Å²) in [5, 5.41) is 1.12. The molecule has 5 rings (SSSR count). The van der Waals surface area contributed by atoms with Crippen LogP contribution in [0.15, 0.2) is 43.1 Å². The number of hydrogen-bond donors (Lipinski definition) is 0. The van der Waals surface area contributed by atoms with Gasteiger partial charge in [-0.2, -0.15) is 0 Å². The molecule has 4 heteroatoms. The molecule has 5 atom stereocenters. The second kappa shape index (κ2) is 6.77. The normalized spacial score (nSPS) is 29.5. The summed E-state index contributed by atoms with van der Waals surface area (Å²) in [6, 6.07) is 8.57. The van der Waals surface area contributed by atoms with Crippen molar-refractivity contribution < 1.29 is 9.47 Å². The van der Waals surface area contributed by atoms with Crippen molar-refractivity contribution in [1.82, 2.24) is 9.88 Å². The predicted molar refractivity (Wildman–Crippen MR) is 99.8 cm³/mol. The molecule has 0 saturated carbocycles. The first-order chi connectivity index (χ1) is 12.2. The van der Waals surface area contributed by atoms with Crippen LogP contribution < -0.4 is 4.74 Å². The fourth-order valence-electron chi connectivity index (χ4n) is 4.71. The van der Waals surface area contributed by atoms with Crippen LogP contribution in [-0.4, -0.2) is 43.2 Å². The van der Waals surface area contributed by atoms with Crippen LogP contribution in [0.4, 0.5) is 0 Å². The number of ether oxygens (including phenoxy) is 2. The van der Waals surface area contributed by atoms with Crippen molar-refractivity contribution >= 4 is 10.9 Å². The Labute approximate surface area is 149 Å². The molecule has 3 aliphatic heterocycles. The zero-order valence-corrected chi connectivity index (χ0v) is 15.0. The quantitative estimate of drug-likeness (QED) is 0.776. The van der Waals surface area contributed by atoms with E-state index in [0.717, 1.165) is 35.7 Å². The van der Waals surface area contributed by atoms with Crippen LogP contribution >= 0.6 is 0 Å². The van der Waals surface area contributed by atoms with Gasteiger partial charge in [0.2, 0.25) is 0 Å². The molecule has 0 amide bonds. The minimum absolute atomic E-state index is 0.0474. The molecule has 4 unspecified atom stereocenters. The van der Waals surface area contributed by atoms with Crippen molar-refractivity contribution in [3.05, 3.63) is 48.7 Å². The second-order valence-electron chi connectivity index (χ2n) is 7.19. The van der Waals surface area contributed by atoms with Gasteiger partial charge in [-0.3, -0.25) is 9.88 Å². The minimum Gasteiger partial charge on any atom is -0.497 e. The Bertz CT molecular complexity index is 776. The summed E-state index contributed by atoms with van der Waals surface area (Å²) in [7, 11) is 3.53. The van der Waals surface area contributed by atoms with Gasteiger partial charge in [0, 0.05) is 31.3 Å². The largest absolute Gasteiger partial charge is 0.497 e. The minimum atomic E-state index is 0.0474. The van der Waals surface area contributed by atoms with Crippen molar-refractivity contribution in [3.63, 3.8) is 0 Å². The average Bonchev–Trinajstić information content (AvgIpc) is 2.68. The topological polar surface area (TPSA) is 34.6 Å². The third-order valence-electron chi connectivity index (χ3n) is 6.05. The molecule has 4 nitrogen and oxygen atoms in total. The number of piperidine rings is 3. The summed E-state index contributed by atoms with van der Waals surface area (Å²) >= 11 is 0. The monoisotopic (exact) mass is 338 g/mol. The highest BCUT2D eigenvalue weighted by molar-refractivity contribution is 5.84. The van der Waals surface area contributed by atoms with E-state index in [1.54, 1.807) is 7.11 Å². The van der Waals surface area contributed by atoms with Gasteiger partial charge in [-0.15, -0.1) is 6.58 Å². The molecular formula is C21H26N2O2. The van der Waals surface area contributed by atoms with Gasteiger partial charge in [0.05, 0.1) is 18.7 Å². The van der Waals surface area contributed by atoms with Crippen molar-refractivity contribution in [2.75, 3.05) is 27.3 Å². The Kier molecular flexibility index (Phi) is 4.48. The highest BCUT2D eigenvalue weighted by atomic mass is 16.5. The SMILES string of the molecule is C=CC1CN2CCC1CC2[C@H](OC)c1ccnc2ccc(OC)cc12. The molecule has 0 N–H and O–H groups in total. The number of nitrogens with zero attached hydrogens (tertiary/aromatic N) is 2. The molecule has 1 aromatic heterocycles. The highest BCUT2D eigenvalue weighted by Crippen LogP contribution is 2.43. The number of methoxy groups -OCH3 is 2. The summed E-state index contributed by atoms with van der Waals surface area (Å²) in [4.78, 5) is 7.10. The molecular weight excluding hydrogens is 312 g/mol. The Morgan fingerprint density at radius 3 is 2.88 bits per heavy atom. The molecule has 3 aliphatic rings. The Balaban J connectivity index is 1.72. The summed E-state index contributed by atoms with van der Waals surface area (Å²) in [5.74, 6) is 2.21. The van der Waals surface area contributed by atoms with Crippen LogP contribution in [0.2, 0.25) is 0 Å². The van der Waals surface area contributed by atoms with Gasteiger partial charge in [0.15, 0.2) is 0 Å². The van der Waals surface area contributed by atoms with E-state index in [-0.39, 0.29) is 6.10 Å². The van der Waals surface area contributed by atoms with Crippen LogP contribution in [-0.2, 0) is 4.74 Å². The fraction of sp³-hybridized carbons (Fsp3) is 0.476. The zero-order valence-electron chi connectivity index (χ0n) is 15.0. The fourth-order valence-corrected chi connectivity index (χ4v) is 4.71. The van der Waals surface area contributed by atoms with E-state index >= 15 is 0 Å². The van der Waals surface area contributed by atoms with Gasteiger partial charge in [0.25, 0.3) is 0 Å². The Morgan fingerprint density at radius 2 is 2.20 bits per heavy atom. The summed E-state index contributed by atoms with van der Waals surface area (Å²) < 4.78 is 11.5. The molecule has 132 valence electrons. The molecule has 4 heterocycles. The molecule has 25 heavy (non-hydrogen) atoms. The van der Waals surface area contributed by atoms with Crippen LogP contribution in [0.3, 0.4) is 0 Å². The first-order valence-corrected chi connectivity index (χ1v) is 9.07. The van der Waals surface area contributed by atoms with E-state index < -0.39 is 0 Å². The number of pyridine rings is 1. The van der Waals surface area contributed by atoms with Gasteiger partial charge in [-0.05, 0) is 61.1 Å². The van der Waals surface area contributed by atoms with Crippen molar-refractivity contribution in [2.45, 2.75) is 25.0 Å². The summed E-state index contributed by atoms with van der Waals surface area (Å²) in [5.41, 5.74) is 2.19. The lowest BCUT2D eigenvalue weighted by molar-refractivity contribution is -0.0601. The van der Waals surface area contributed by atoms with Gasteiger partial charge >= 0.3 is 0 Å². The Hall–Kier alpha value is -1.91. The third-order valence-corrected chi connectivity index (χ3v) is 6.05. The smallest absolute Gasteiger partial charge is 0.119 e. The number of hydrogen-bond acceptors (Lipinski definition) is 4. The maximum Gasteiger partial charge on any atom is 0.119 e.